The minimum absolute atomic E-state index is 0.213. The van der Waals surface area contributed by atoms with Crippen molar-refractivity contribution in [2.75, 3.05) is 26.3 Å². The summed E-state index contributed by atoms with van der Waals surface area (Å²) >= 11 is 6.41. The second-order valence-electron chi connectivity index (χ2n) is 10.2. The molecule has 2 aliphatic heterocycles. The molecule has 3 aliphatic rings. The molecule has 1 saturated carbocycles. The van der Waals surface area contributed by atoms with Crippen LogP contribution < -0.4 is 4.74 Å². The molecule has 2 saturated heterocycles. The van der Waals surface area contributed by atoms with Gasteiger partial charge in [-0.05, 0) is 99.8 Å². The Morgan fingerprint density at radius 1 is 1.00 bits per heavy atom. The molecule has 1 aliphatic carbocycles. The maximum atomic E-state index is 6.41. The van der Waals surface area contributed by atoms with Crippen molar-refractivity contribution in [1.29, 1.82) is 0 Å². The number of hydrogen-bond acceptors (Lipinski definition) is 4. The number of ether oxygens (including phenoxy) is 2. The van der Waals surface area contributed by atoms with Gasteiger partial charge in [0.2, 0.25) is 0 Å². The Hall–Kier alpha value is -2.08. The zero-order valence-corrected chi connectivity index (χ0v) is 20.6. The molecule has 2 aromatic carbocycles. The number of likely N-dealkylation sites (tertiary alicyclic amines) is 1. The smallest absolute Gasteiger partial charge is 0.124 e. The Labute approximate surface area is 207 Å². The van der Waals surface area contributed by atoms with Crippen molar-refractivity contribution in [2.45, 2.75) is 69.6 Å². The summed E-state index contributed by atoms with van der Waals surface area (Å²) in [6.45, 7) is 4.54. The highest BCUT2D eigenvalue weighted by Gasteiger charge is 2.30. The Morgan fingerprint density at radius 3 is 2.65 bits per heavy atom. The van der Waals surface area contributed by atoms with Crippen molar-refractivity contribution in [2.24, 2.45) is 0 Å². The fourth-order valence-corrected chi connectivity index (χ4v) is 5.82. The van der Waals surface area contributed by atoms with Gasteiger partial charge in [-0.2, -0.15) is 0 Å². The van der Waals surface area contributed by atoms with Gasteiger partial charge >= 0.3 is 0 Å². The lowest BCUT2D eigenvalue weighted by atomic mass is 9.88. The third kappa shape index (κ3) is 4.84. The summed E-state index contributed by atoms with van der Waals surface area (Å²) in [6.07, 6.45) is 8.47. The molecule has 0 radical (unpaired) electrons. The zero-order chi connectivity index (χ0) is 22.9. The van der Waals surface area contributed by atoms with Crippen LogP contribution >= 0.6 is 11.6 Å². The number of rotatable bonds is 7. The van der Waals surface area contributed by atoms with E-state index in [4.69, 9.17) is 26.1 Å². The van der Waals surface area contributed by atoms with Gasteiger partial charge in [0.05, 0.1) is 23.7 Å². The molecule has 34 heavy (non-hydrogen) atoms. The molecular weight excluding hydrogens is 446 g/mol. The quantitative estimate of drug-likeness (QED) is 0.395. The number of imidazole rings is 1. The number of para-hydroxylation sites is 2. The third-order valence-electron chi connectivity index (χ3n) is 7.64. The van der Waals surface area contributed by atoms with E-state index in [1.165, 1.54) is 36.2 Å². The van der Waals surface area contributed by atoms with Crippen molar-refractivity contribution in [3.8, 4) is 5.75 Å². The molecule has 0 spiro atoms. The molecule has 3 fully saturated rings. The van der Waals surface area contributed by atoms with E-state index in [0.717, 1.165) is 68.2 Å². The lowest BCUT2D eigenvalue weighted by Gasteiger charge is -2.33. The number of hydrogen-bond donors (Lipinski definition) is 0. The fourth-order valence-electron chi connectivity index (χ4n) is 5.64. The van der Waals surface area contributed by atoms with Crippen molar-refractivity contribution >= 4 is 22.6 Å². The maximum Gasteiger partial charge on any atom is 0.124 e. The van der Waals surface area contributed by atoms with Crippen LogP contribution in [0.3, 0.4) is 0 Å². The summed E-state index contributed by atoms with van der Waals surface area (Å²) < 4.78 is 14.6. The molecule has 3 heterocycles. The highest BCUT2D eigenvalue weighted by atomic mass is 35.5. The van der Waals surface area contributed by atoms with Crippen LogP contribution in [0.4, 0.5) is 0 Å². The molecule has 0 bridgehead atoms. The van der Waals surface area contributed by atoms with Crippen LogP contribution in [0, 0.1) is 0 Å². The standard InChI is InChI=1S/C28H34ClN3O2/c29-21-8-11-27(34-19-23-5-3-4-16-33-23)24(17-21)20-12-14-31(15-13-20)18-28-30-25-6-1-2-7-26(25)32(28)22-9-10-22/h1-2,6-8,11,17,20,22-23H,3-5,9-10,12-16,18-19H2. The van der Waals surface area contributed by atoms with E-state index < -0.39 is 0 Å². The van der Waals surface area contributed by atoms with E-state index in [-0.39, 0.29) is 6.10 Å². The normalized spacial score (nSPS) is 22.3. The molecule has 0 N–H and O–H groups in total. The topological polar surface area (TPSA) is 39.5 Å². The molecule has 6 rings (SSSR count). The minimum atomic E-state index is 0.213. The largest absolute Gasteiger partial charge is 0.491 e. The van der Waals surface area contributed by atoms with Crippen LogP contribution in [0.5, 0.6) is 5.75 Å². The van der Waals surface area contributed by atoms with E-state index in [0.29, 0.717) is 18.6 Å². The summed E-state index contributed by atoms with van der Waals surface area (Å²) in [5, 5.41) is 0.789. The lowest BCUT2D eigenvalue weighted by molar-refractivity contribution is -0.0113. The molecular formula is C28H34ClN3O2. The Kier molecular flexibility index (Phi) is 6.51. The average molecular weight is 480 g/mol. The lowest BCUT2D eigenvalue weighted by Crippen LogP contribution is -2.33. The van der Waals surface area contributed by atoms with Crippen LogP contribution in [0.25, 0.3) is 11.0 Å². The van der Waals surface area contributed by atoms with Gasteiger partial charge in [0.1, 0.15) is 18.2 Å². The summed E-state index contributed by atoms with van der Waals surface area (Å²) in [5.41, 5.74) is 3.67. The highest BCUT2D eigenvalue weighted by Crippen LogP contribution is 2.40. The minimum Gasteiger partial charge on any atom is -0.491 e. The van der Waals surface area contributed by atoms with E-state index in [2.05, 4.69) is 39.8 Å². The average Bonchev–Trinajstić information content (AvgIpc) is 3.65. The van der Waals surface area contributed by atoms with Gasteiger partial charge in [0.15, 0.2) is 0 Å². The first-order chi connectivity index (χ1) is 16.7. The van der Waals surface area contributed by atoms with Gasteiger partial charge in [-0.25, -0.2) is 4.98 Å². The number of nitrogens with zero attached hydrogens (tertiary/aromatic N) is 3. The third-order valence-corrected chi connectivity index (χ3v) is 7.88. The number of halogens is 1. The van der Waals surface area contributed by atoms with Gasteiger partial charge < -0.3 is 14.0 Å². The van der Waals surface area contributed by atoms with Gasteiger partial charge in [0.25, 0.3) is 0 Å². The zero-order valence-electron chi connectivity index (χ0n) is 19.8. The number of piperidine rings is 1. The van der Waals surface area contributed by atoms with Crippen LogP contribution in [-0.2, 0) is 11.3 Å². The molecule has 180 valence electrons. The Bertz CT molecular complexity index is 1130. The predicted octanol–water partition coefficient (Wildman–Crippen LogP) is 6.35. The summed E-state index contributed by atoms with van der Waals surface area (Å²) in [5.74, 6) is 2.67. The molecule has 1 atom stereocenters. The van der Waals surface area contributed by atoms with Crippen molar-refractivity contribution in [3.63, 3.8) is 0 Å². The number of benzene rings is 2. The molecule has 0 amide bonds. The second-order valence-corrected chi connectivity index (χ2v) is 10.6. The molecule has 3 aromatic rings. The first-order valence-electron chi connectivity index (χ1n) is 13.0. The van der Waals surface area contributed by atoms with Crippen molar-refractivity contribution in [1.82, 2.24) is 14.5 Å². The van der Waals surface area contributed by atoms with Gasteiger partial charge in [-0.15, -0.1) is 0 Å². The second kappa shape index (κ2) is 9.88. The van der Waals surface area contributed by atoms with E-state index >= 15 is 0 Å². The van der Waals surface area contributed by atoms with Gasteiger partial charge in [0, 0.05) is 17.7 Å². The first kappa shape index (κ1) is 22.4. The van der Waals surface area contributed by atoms with Crippen LogP contribution in [0.1, 0.15) is 68.3 Å². The fraction of sp³-hybridized carbons (Fsp3) is 0.536. The monoisotopic (exact) mass is 479 g/mol. The SMILES string of the molecule is Clc1ccc(OCC2CCCCO2)c(C2CCN(Cc3nc4ccccc4n3C3CC3)CC2)c1. The van der Waals surface area contributed by atoms with Crippen molar-refractivity contribution < 1.29 is 9.47 Å². The van der Waals surface area contributed by atoms with Crippen LogP contribution in [0.15, 0.2) is 42.5 Å². The van der Waals surface area contributed by atoms with Gasteiger partial charge in [-0.3, -0.25) is 4.90 Å². The van der Waals surface area contributed by atoms with E-state index in [1.54, 1.807) is 0 Å². The van der Waals surface area contributed by atoms with Gasteiger partial charge in [-0.1, -0.05) is 23.7 Å². The van der Waals surface area contributed by atoms with Crippen LogP contribution in [-0.4, -0.2) is 46.9 Å². The van der Waals surface area contributed by atoms with Crippen molar-refractivity contribution in [3.05, 3.63) is 58.9 Å². The Morgan fingerprint density at radius 2 is 1.85 bits per heavy atom. The maximum absolute atomic E-state index is 6.41. The molecule has 5 nitrogen and oxygen atoms in total. The number of fused-ring (bicyclic) bond motifs is 1. The predicted molar refractivity (Wildman–Crippen MR) is 136 cm³/mol. The molecule has 6 heteroatoms. The molecule has 1 unspecified atom stereocenters. The summed E-state index contributed by atoms with van der Waals surface area (Å²) in [6, 6.07) is 15.3. The summed E-state index contributed by atoms with van der Waals surface area (Å²) in [7, 11) is 0. The molecule has 1 aromatic heterocycles. The highest BCUT2D eigenvalue weighted by molar-refractivity contribution is 6.30. The Balaban J connectivity index is 1.12. The first-order valence-corrected chi connectivity index (χ1v) is 13.3. The van der Waals surface area contributed by atoms with E-state index in [1.807, 2.05) is 12.1 Å². The number of aromatic nitrogens is 2. The van der Waals surface area contributed by atoms with Crippen LogP contribution in [0.2, 0.25) is 5.02 Å². The van der Waals surface area contributed by atoms with E-state index in [9.17, 15) is 0 Å². The summed E-state index contributed by atoms with van der Waals surface area (Å²) in [4.78, 5) is 7.58.